The van der Waals surface area contributed by atoms with Gasteiger partial charge in [0.15, 0.2) is 0 Å². The Balaban J connectivity index is 2.30. The van der Waals surface area contributed by atoms with E-state index in [0.29, 0.717) is 0 Å². The lowest BCUT2D eigenvalue weighted by Crippen LogP contribution is -2.25. The Labute approximate surface area is 150 Å². The van der Waals surface area contributed by atoms with E-state index in [4.69, 9.17) is 0 Å². The fraction of sp³-hybridized carbons (Fsp3) is 0.450. The van der Waals surface area contributed by atoms with Gasteiger partial charge < -0.3 is 9.80 Å². The quantitative estimate of drug-likeness (QED) is 0.672. The molecule has 0 bridgehead atoms. The Morgan fingerprint density at radius 3 is 2.71 bits per heavy atom. The van der Waals surface area contributed by atoms with Gasteiger partial charge in [-0.3, -0.25) is 4.98 Å². The maximum atomic E-state index is 4.55. The first-order valence-electron chi connectivity index (χ1n) is 8.61. The summed E-state index contributed by atoms with van der Waals surface area (Å²) in [6.45, 7) is 12.6. The Morgan fingerprint density at radius 2 is 2.08 bits per heavy atom. The van der Waals surface area contributed by atoms with Crippen molar-refractivity contribution in [1.82, 2.24) is 14.8 Å². The molecule has 0 fully saturated rings. The highest BCUT2D eigenvalue weighted by atomic mass is 32.1. The second kappa shape index (κ2) is 8.45. The van der Waals surface area contributed by atoms with Gasteiger partial charge in [-0.25, -0.2) is 0 Å². The highest BCUT2D eigenvalue weighted by Gasteiger charge is 2.10. The lowest BCUT2D eigenvalue weighted by molar-refractivity contribution is 0.378. The fourth-order valence-electron chi connectivity index (χ4n) is 2.81. The lowest BCUT2D eigenvalue weighted by atomic mass is 10.1. The molecule has 3 nitrogen and oxygen atoms in total. The lowest BCUT2D eigenvalue weighted by Gasteiger charge is -2.24. The van der Waals surface area contributed by atoms with Crippen LogP contribution in [0.5, 0.6) is 0 Å². The summed E-state index contributed by atoms with van der Waals surface area (Å²) in [5.74, 6) is 0. The van der Waals surface area contributed by atoms with Gasteiger partial charge >= 0.3 is 0 Å². The molecule has 0 saturated heterocycles. The maximum Gasteiger partial charge on any atom is 0.0818 e. The summed E-state index contributed by atoms with van der Waals surface area (Å²) in [4.78, 5) is 10.2. The van der Waals surface area contributed by atoms with Crippen molar-refractivity contribution in [3.8, 4) is 0 Å². The van der Waals surface area contributed by atoms with Crippen molar-refractivity contribution in [2.24, 2.45) is 0 Å². The molecule has 0 N–H and O–H groups in total. The molecule has 0 aromatic carbocycles. The van der Waals surface area contributed by atoms with E-state index in [2.05, 4.69) is 74.6 Å². The number of thiophene rings is 1. The summed E-state index contributed by atoms with van der Waals surface area (Å²) in [6.07, 6.45) is 6.42. The van der Waals surface area contributed by atoms with Crippen molar-refractivity contribution >= 4 is 27.1 Å². The molecule has 0 unspecified atom stereocenters. The maximum absolute atomic E-state index is 4.55. The van der Waals surface area contributed by atoms with Gasteiger partial charge in [0.25, 0.3) is 0 Å². The molecule has 4 heteroatoms. The minimum absolute atomic E-state index is 0.867. The van der Waals surface area contributed by atoms with E-state index in [-0.39, 0.29) is 0 Å². The van der Waals surface area contributed by atoms with Crippen molar-refractivity contribution in [3.05, 3.63) is 47.2 Å². The zero-order valence-corrected chi connectivity index (χ0v) is 16.4. The summed E-state index contributed by atoms with van der Waals surface area (Å²) in [6, 6.07) is 4.37. The standard InChI is InChI=1S/C20H29N3S/c1-7-9-17-10-11-21-18-12-19(24-20(17)18)15(3)13-23(8-2)16(4)14-22(5)6/h10-13H,4,7-9,14H2,1-3,5-6H3/b15-13+. The van der Waals surface area contributed by atoms with Crippen LogP contribution in [0.1, 0.15) is 37.6 Å². The highest BCUT2D eigenvalue weighted by molar-refractivity contribution is 7.20. The van der Waals surface area contributed by atoms with Crippen LogP contribution >= 0.6 is 11.3 Å². The molecule has 2 aromatic rings. The predicted molar refractivity (Wildman–Crippen MR) is 107 cm³/mol. The Bertz CT molecular complexity index is 728. The van der Waals surface area contributed by atoms with Crippen molar-refractivity contribution in [1.29, 1.82) is 0 Å². The number of aromatic nitrogens is 1. The molecule has 24 heavy (non-hydrogen) atoms. The molecule has 0 aliphatic rings. The summed E-state index contributed by atoms with van der Waals surface area (Å²) in [5, 5.41) is 0. The van der Waals surface area contributed by atoms with E-state index in [1.165, 1.54) is 20.7 Å². The van der Waals surface area contributed by atoms with Crippen LogP contribution in [-0.4, -0.2) is 42.0 Å². The number of allylic oxidation sites excluding steroid dienone is 1. The zero-order chi connectivity index (χ0) is 17.7. The van der Waals surface area contributed by atoms with Gasteiger partial charge in [-0.1, -0.05) is 19.9 Å². The van der Waals surface area contributed by atoms with Gasteiger partial charge in [0.05, 0.1) is 10.2 Å². The van der Waals surface area contributed by atoms with Crippen LogP contribution < -0.4 is 0 Å². The van der Waals surface area contributed by atoms with Crippen LogP contribution in [0.2, 0.25) is 0 Å². The highest BCUT2D eigenvalue weighted by Crippen LogP contribution is 2.32. The molecule has 2 heterocycles. The van der Waals surface area contributed by atoms with Gasteiger partial charge in [-0.15, -0.1) is 11.3 Å². The third-order valence-electron chi connectivity index (χ3n) is 4.00. The number of likely N-dealkylation sites (N-methyl/N-ethyl adjacent to an activating group) is 2. The van der Waals surface area contributed by atoms with Crippen LogP contribution in [0.3, 0.4) is 0 Å². The SMILES string of the molecule is C=C(CN(C)C)N(/C=C(\C)c1cc2nccc(CCC)c2s1)CC. The molecule has 2 rings (SSSR count). The molecule has 0 saturated carbocycles. The number of pyridine rings is 1. The Morgan fingerprint density at radius 1 is 1.33 bits per heavy atom. The molecule has 130 valence electrons. The van der Waals surface area contributed by atoms with Gasteiger partial charge in [0, 0.05) is 36.1 Å². The zero-order valence-electron chi connectivity index (χ0n) is 15.6. The number of hydrogen-bond donors (Lipinski definition) is 0. The van der Waals surface area contributed by atoms with Crippen LogP contribution in [0.4, 0.5) is 0 Å². The van der Waals surface area contributed by atoms with Crippen LogP contribution in [0.25, 0.3) is 15.8 Å². The number of rotatable bonds is 8. The van der Waals surface area contributed by atoms with Crippen LogP contribution in [0.15, 0.2) is 36.8 Å². The van der Waals surface area contributed by atoms with Gasteiger partial charge in [-0.05, 0) is 57.6 Å². The van der Waals surface area contributed by atoms with E-state index in [1.54, 1.807) is 0 Å². The number of nitrogens with zero attached hydrogens (tertiary/aromatic N) is 3. The van der Waals surface area contributed by atoms with E-state index < -0.39 is 0 Å². The van der Waals surface area contributed by atoms with E-state index >= 15 is 0 Å². The summed E-state index contributed by atoms with van der Waals surface area (Å²) >= 11 is 1.85. The van der Waals surface area contributed by atoms with Crippen molar-refractivity contribution in [2.75, 3.05) is 27.2 Å². The van der Waals surface area contributed by atoms with Crippen molar-refractivity contribution in [3.63, 3.8) is 0 Å². The smallest absolute Gasteiger partial charge is 0.0818 e. The third-order valence-corrected chi connectivity index (χ3v) is 5.33. The van der Waals surface area contributed by atoms with Gasteiger partial charge in [0.2, 0.25) is 0 Å². The van der Waals surface area contributed by atoms with E-state index in [1.807, 2.05) is 17.5 Å². The van der Waals surface area contributed by atoms with Crippen molar-refractivity contribution < 1.29 is 0 Å². The summed E-state index contributed by atoms with van der Waals surface area (Å²) in [5.41, 5.74) is 4.91. The molecule has 0 radical (unpaired) electrons. The predicted octanol–water partition coefficient (Wildman–Crippen LogP) is 5.01. The molecular formula is C20H29N3S. The number of fused-ring (bicyclic) bond motifs is 1. The molecule has 0 atom stereocenters. The van der Waals surface area contributed by atoms with E-state index in [9.17, 15) is 0 Å². The van der Waals surface area contributed by atoms with Crippen molar-refractivity contribution in [2.45, 2.75) is 33.6 Å². The molecule has 0 spiro atoms. The van der Waals surface area contributed by atoms with Crippen LogP contribution in [0, 0.1) is 0 Å². The number of hydrogen-bond acceptors (Lipinski definition) is 4. The average Bonchev–Trinajstić information content (AvgIpc) is 2.97. The second-order valence-corrected chi connectivity index (χ2v) is 7.50. The largest absolute Gasteiger partial charge is 0.351 e. The molecule has 0 amide bonds. The second-order valence-electron chi connectivity index (χ2n) is 6.45. The van der Waals surface area contributed by atoms with Gasteiger partial charge in [0.1, 0.15) is 0 Å². The summed E-state index contributed by atoms with van der Waals surface area (Å²) in [7, 11) is 4.14. The molecule has 0 aliphatic carbocycles. The summed E-state index contributed by atoms with van der Waals surface area (Å²) < 4.78 is 1.33. The topological polar surface area (TPSA) is 19.4 Å². The van der Waals surface area contributed by atoms with Crippen LogP contribution in [-0.2, 0) is 6.42 Å². The Hall–Kier alpha value is -1.65. The fourth-order valence-corrected chi connectivity index (χ4v) is 3.93. The monoisotopic (exact) mass is 343 g/mol. The van der Waals surface area contributed by atoms with E-state index in [0.717, 1.165) is 37.1 Å². The first-order valence-corrected chi connectivity index (χ1v) is 9.43. The van der Waals surface area contributed by atoms with Gasteiger partial charge in [-0.2, -0.15) is 0 Å². The molecular weight excluding hydrogens is 314 g/mol. The minimum Gasteiger partial charge on any atom is -0.351 e. The first kappa shape index (κ1) is 18.7. The number of aryl methyl sites for hydroxylation is 1. The third kappa shape index (κ3) is 4.46. The molecule has 2 aromatic heterocycles. The molecule has 0 aliphatic heterocycles. The first-order chi connectivity index (χ1) is 11.5. The normalized spacial score (nSPS) is 12.2. The minimum atomic E-state index is 0.867. The Kier molecular flexibility index (Phi) is 6.58. The average molecular weight is 344 g/mol.